The number of nitrogens with zero attached hydrogens (tertiary/aromatic N) is 1. The molecule has 2 N–H and O–H groups in total. The van der Waals surface area contributed by atoms with E-state index in [1.807, 2.05) is 16.8 Å². The third-order valence-electron chi connectivity index (χ3n) is 2.58. The lowest BCUT2D eigenvalue weighted by atomic mass is 10.1. The molecule has 1 aromatic heterocycles. The van der Waals surface area contributed by atoms with Crippen molar-refractivity contribution in [3.05, 3.63) is 46.2 Å². The molecule has 0 aliphatic carbocycles. The van der Waals surface area contributed by atoms with E-state index in [9.17, 15) is 15.0 Å². The van der Waals surface area contributed by atoms with Crippen LogP contribution in [0.1, 0.15) is 15.9 Å². The molecule has 94 valence electrons. The zero-order chi connectivity index (χ0) is 13.1. The molecule has 1 aromatic carbocycles. The number of phenols is 2. The number of thiophene rings is 1. The number of aromatic hydroxyl groups is 2. The summed E-state index contributed by atoms with van der Waals surface area (Å²) in [5, 5.41) is 23.2. The van der Waals surface area contributed by atoms with E-state index in [0.29, 0.717) is 6.54 Å². The van der Waals surface area contributed by atoms with Gasteiger partial charge in [0.05, 0.1) is 0 Å². The first-order chi connectivity index (χ1) is 8.59. The summed E-state index contributed by atoms with van der Waals surface area (Å²) >= 11 is 1.56. The van der Waals surface area contributed by atoms with Gasteiger partial charge in [-0.2, -0.15) is 11.3 Å². The number of rotatable bonds is 3. The predicted molar refractivity (Wildman–Crippen MR) is 69.9 cm³/mol. The first kappa shape index (κ1) is 12.4. The summed E-state index contributed by atoms with van der Waals surface area (Å²) in [5.74, 6) is -0.828. The first-order valence-electron chi connectivity index (χ1n) is 5.37. The Morgan fingerprint density at radius 2 is 1.94 bits per heavy atom. The van der Waals surface area contributed by atoms with E-state index in [1.54, 1.807) is 18.4 Å². The van der Waals surface area contributed by atoms with Crippen LogP contribution >= 0.6 is 11.3 Å². The van der Waals surface area contributed by atoms with Gasteiger partial charge in [0, 0.05) is 13.6 Å². The summed E-state index contributed by atoms with van der Waals surface area (Å²) < 4.78 is 0. The van der Waals surface area contributed by atoms with Crippen LogP contribution in [0.4, 0.5) is 0 Å². The monoisotopic (exact) mass is 263 g/mol. The van der Waals surface area contributed by atoms with Gasteiger partial charge in [0.15, 0.2) is 0 Å². The maximum Gasteiger partial charge on any atom is 0.261 e. The molecule has 0 unspecified atom stereocenters. The molecular formula is C13H13NO3S. The first-order valence-corrected chi connectivity index (χ1v) is 6.31. The van der Waals surface area contributed by atoms with E-state index in [2.05, 4.69) is 0 Å². The molecule has 0 spiro atoms. The summed E-state index contributed by atoms with van der Waals surface area (Å²) in [6.45, 7) is 0.441. The van der Waals surface area contributed by atoms with E-state index >= 15 is 0 Å². The quantitative estimate of drug-likeness (QED) is 0.894. The van der Waals surface area contributed by atoms with E-state index < -0.39 is 5.91 Å². The number of phenolic OH excluding ortho intramolecular Hbond substituents is 2. The Kier molecular flexibility index (Phi) is 3.53. The van der Waals surface area contributed by atoms with Gasteiger partial charge in [-0.25, -0.2) is 0 Å². The van der Waals surface area contributed by atoms with E-state index in [-0.39, 0.29) is 17.1 Å². The molecule has 2 rings (SSSR count). The average Bonchev–Trinajstić information content (AvgIpc) is 2.81. The van der Waals surface area contributed by atoms with Gasteiger partial charge in [-0.1, -0.05) is 6.07 Å². The van der Waals surface area contributed by atoms with Gasteiger partial charge in [0.25, 0.3) is 5.91 Å². The maximum absolute atomic E-state index is 12.1. The number of amides is 1. The molecule has 0 saturated heterocycles. The summed E-state index contributed by atoms with van der Waals surface area (Å²) in [4.78, 5) is 13.6. The SMILES string of the molecule is CN(Cc1ccsc1)C(=O)c1c(O)cccc1O. The Morgan fingerprint density at radius 3 is 2.50 bits per heavy atom. The molecule has 18 heavy (non-hydrogen) atoms. The molecular weight excluding hydrogens is 250 g/mol. The zero-order valence-corrected chi connectivity index (χ0v) is 10.6. The molecule has 1 amide bonds. The molecule has 1 heterocycles. The van der Waals surface area contributed by atoms with Crippen LogP contribution in [-0.4, -0.2) is 28.1 Å². The van der Waals surface area contributed by atoms with Crippen LogP contribution < -0.4 is 0 Å². The third-order valence-corrected chi connectivity index (χ3v) is 3.31. The summed E-state index contributed by atoms with van der Waals surface area (Å²) in [6.07, 6.45) is 0. The van der Waals surface area contributed by atoms with E-state index in [0.717, 1.165) is 5.56 Å². The Bertz CT molecular complexity index is 531. The molecule has 0 bridgehead atoms. The highest BCUT2D eigenvalue weighted by Crippen LogP contribution is 2.27. The van der Waals surface area contributed by atoms with Crippen molar-refractivity contribution >= 4 is 17.2 Å². The summed E-state index contributed by atoms with van der Waals surface area (Å²) in [5.41, 5.74) is 0.959. The van der Waals surface area contributed by atoms with Crippen LogP contribution in [0.15, 0.2) is 35.0 Å². The molecule has 0 saturated carbocycles. The van der Waals surface area contributed by atoms with Gasteiger partial charge >= 0.3 is 0 Å². The van der Waals surface area contributed by atoms with Gasteiger partial charge in [-0.05, 0) is 34.5 Å². The van der Waals surface area contributed by atoms with Crippen molar-refractivity contribution < 1.29 is 15.0 Å². The van der Waals surface area contributed by atoms with Crippen molar-refractivity contribution in [2.75, 3.05) is 7.05 Å². The number of hydrogen-bond acceptors (Lipinski definition) is 4. The predicted octanol–water partition coefficient (Wildman–Crippen LogP) is 2.43. The zero-order valence-electron chi connectivity index (χ0n) is 9.83. The molecule has 0 aliphatic heterocycles. The highest BCUT2D eigenvalue weighted by molar-refractivity contribution is 7.07. The van der Waals surface area contributed by atoms with E-state index in [4.69, 9.17) is 0 Å². The molecule has 0 radical (unpaired) electrons. The Morgan fingerprint density at radius 1 is 1.28 bits per heavy atom. The van der Waals surface area contributed by atoms with Crippen LogP contribution in [0, 0.1) is 0 Å². The molecule has 4 nitrogen and oxygen atoms in total. The van der Waals surface area contributed by atoms with Gasteiger partial charge in [0.1, 0.15) is 17.1 Å². The van der Waals surface area contributed by atoms with Crippen LogP contribution in [0.3, 0.4) is 0 Å². The highest BCUT2D eigenvalue weighted by atomic mass is 32.1. The van der Waals surface area contributed by atoms with Gasteiger partial charge in [0.2, 0.25) is 0 Å². The largest absolute Gasteiger partial charge is 0.507 e. The fraction of sp³-hybridized carbons (Fsp3) is 0.154. The Balaban J connectivity index is 2.21. The summed E-state index contributed by atoms with van der Waals surface area (Å²) in [7, 11) is 1.63. The lowest BCUT2D eigenvalue weighted by Crippen LogP contribution is -2.26. The standard InChI is InChI=1S/C13H13NO3S/c1-14(7-9-5-6-18-8-9)13(17)12-10(15)3-2-4-11(12)16/h2-6,8,15-16H,7H2,1H3. The Labute approximate surface area is 109 Å². The molecule has 0 atom stereocenters. The third kappa shape index (κ3) is 2.46. The number of hydrogen-bond donors (Lipinski definition) is 2. The maximum atomic E-state index is 12.1. The normalized spacial score (nSPS) is 10.3. The second kappa shape index (κ2) is 5.10. The van der Waals surface area contributed by atoms with Crippen molar-refractivity contribution in [3.63, 3.8) is 0 Å². The van der Waals surface area contributed by atoms with E-state index in [1.165, 1.54) is 23.1 Å². The van der Waals surface area contributed by atoms with Crippen molar-refractivity contribution in [3.8, 4) is 11.5 Å². The van der Waals surface area contributed by atoms with Crippen molar-refractivity contribution in [1.29, 1.82) is 0 Å². The Hall–Kier alpha value is -2.01. The second-order valence-electron chi connectivity index (χ2n) is 3.96. The van der Waals surface area contributed by atoms with Gasteiger partial charge in [-0.15, -0.1) is 0 Å². The van der Waals surface area contributed by atoms with Crippen molar-refractivity contribution in [2.24, 2.45) is 0 Å². The van der Waals surface area contributed by atoms with Gasteiger partial charge < -0.3 is 15.1 Å². The number of carbonyl (C=O) groups excluding carboxylic acids is 1. The highest BCUT2D eigenvalue weighted by Gasteiger charge is 2.19. The smallest absolute Gasteiger partial charge is 0.261 e. The average molecular weight is 263 g/mol. The summed E-state index contributed by atoms with van der Waals surface area (Å²) in [6, 6.07) is 6.18. The topological polar surface area (TPSA) is 60.8 Å². The second-order valence-corrected chi connectivity index (χ2v) is 4.74. The van der Waals surface area contributed by atoms with Crippen LogP contribution in [0.5, 0.6) is 11.5 Å². The lowest BCUT2D eigenvalue weighted by molar-refractivity contribution is 0.0779. The minimum atomic E-state index is -0.406. The van der Waals surface area contributed by atoms with Crippen LogP contribution in [0.2, 0.25) is 0 Å². The number of benzene rings is 1. The fourth-order valence-electron chi connectivity index (χ4n) is 1.67. The molecule has 5 heteroatoms. The fourth-order valence-corrected chi connectivity index (χ4v) is 2.33. The lowest BCUT2D eigenvalue weighted by Gasteiger charge is -2.17. The number of carbonyl (C=O) groups is 1. The minimum Gasteiger partial charge on any atom is -0.507 e. The van der Waals surface area contributed by atoms with Crippen LogP contribution in [-0.2, 0) is 6.54 Å². The van der Waals surface area contributed by atoms with Crippen molar-refractivity contribution in [2.45, 2.75) is 6.54 Å². The molecule has 0 aliphatic rings. The minimum absolute atomic E-state index is 0.0600. The van der Waals surface area contributed by atoms with Gasteiger partial charge in [-0.3, -0.25) is 4.79 Å². The van der Waals surface area contributed by atoms with Crippen LogP contribution in [0.25, 0.3) is 0 Å². The molecule has 2 aromatic rings. The van der Waals surface area contributed by atoms with Crippen molar-refractivity contribution in [1.82, 2.24) is 4.90 Å². The molecule has 0 fully saturated rings.